The number of aromatic amines is 2. The van der Waals surface area contributed by atoms with Gasteiger partial charge in [0.05, 0.1) is 11.4 Å². The van der Waals surface area contributed by atoms with Crippen molar-refractivity contribution in [3.8, 4) is 23.1 Å². The molecule has 0 aliphatic heterocycles. The van der Waals surface area contributed by atoms with E-state index < -0.39 is 34.3 Å². The summed E-state index contributed by atoms with van der Waals surface area (Å²) in [7, 11) is 0. The van der Waals surface area contributed by atoms with Crippen molar-refractivity contribution in [2.75, 3.05) is 0 Å². The van der Waals surface area contributed by atoms with Crippen molar-refractivity contribution in [2.24, 2.45) is 0 Å². The van der Waals surface area contributed by atoms with Crippen LogP contribution in [0.3, 0.4) is 0 Å². The smallest absolute Gasteiger partial charge is 0.335 e. The predicted octanol–water partition coefficient (Wildman–Crippen LogP) is 1.66. The zero-order valence-electron chi connectivity index (χ0n) is 18.0. The van der Waals surface area contributed by atoms with E-state index >= 15 is 0 Å². The van der Waals surface area contributed by atoms with Gasteiger partial charge >= 0.3 is 11.4 Å². The van der Waals surface area contributed by atoms with Crippen molar-refractivity contribution >= 4 is 12.2 Å². The van der Waals surface area contributed by atoms with Crippen LogP contribution in [-0.2, 0) is 0 Å². The van der Waals surface area contributed by atoms with Crippen molar-refractivity contribution < 1.29 is 10.2 Å². The quantitative estimate of drug-likeness (QED) is 0.257. The molecule has 0 bridgehead atoms. The van der Waals surface area contributed by atoms with E-state index in [2.05, 4.69) is 15.7 Å². The number of nitrogens with zero attached hydrogens (tertiary/aromatic N) is 2. The van der Waals surface area contributed by atoms with Crippen LogP contribution in [0.15, 0.2) is 97.7 Å². The average molecular weight is 470 g/mol. The van der Waals surface area contributed by atoms with Gasteiger partial charge in [0.15, 0.2) is 0 Å². The first-order valence-electron chi connectivity index (χ1n) is 10.2. The number of rotatable bonds is 5. The van der Waals surface area contributed by atoms with Crippen molar-refractivity contribution in [3.63, 3.8) is 0 Å². The van der Waals surface area contributed by atoms with Crippen LogP contribution in [-0.4, -0.2) is 29.3 Å². The van der Waals surface area contributed by atoms with Crippen molar-refractivity contribution in [1.82, 2.24) is 19.1 Å². The van der Waals surface area contributed by atoms with Gasteiger partial charge in [0.25, 0.3) is 11.1 Å². The Kier molecular flexibility index (Phi) is 6.30. The molecule has 2 aromatic carbocycles. The molecule has 4 rings (SSSR count). The third-order valence-corrected chi connectivity index (χ3v) is 4.95. The summed E-state index contributed by atoms with van der Waals surface area (Å²) >= 11 is 0. The molecule has 0 spiro atoms. The lowest BCUT2D eigenvalue weighted by Gasteiger charge is -2.09. The van der Waals surface area contributed by atoms with Crippen LogP contribution in [0, 0.1) is 0 Å². The first-order valence-corrected chi connectivity index (χ1v) is 10.2. The second-order valence-corrected chi connectivity index (χ2v) is 7.17. The van der Waals surface area contributed by atoms with E-state index in [-0.39, 0.29) is 11.1 Å². The number of aromatic hydroxyl groups is 2. The Bertz CT molecular complexity index is 1720. The molecule has 0 atom stereocenters. The number of para-hydroxylation sites is 2. The summed E-state index contributed by atoms with van der Waals surface area (Å²) in [5.74, 6) is -1.12. The normalized spacial score (nSPS) is 10.7. The van der Waals surface area contributed by atoms with Crippen LogP contribution >= 0.6 is 0 Å². The molecule has 2 aromatic heterocycles. The Morgan fingerprint density at radius 2 is 1.14 bits per heavy atom. The van der Waals surface area contributed by atoms with Crippen molar-refractivity contribution in [1.29, 1.82) is 0 Å². The SMILES string of the molecule is O=c1[nH]c(=O)n(-c2ccccc2)c(O)c1C=C=CC=Cc1c(O)n(-c2ccccc2)c(=O)[nH]c1=O. The minimum atomic E-state index is -0.811. The molecule has 2 heterocycles. The van der Waals surface area contributed by atoms with Gasteiger partial charge < -0.3 is 10.2 Å². The standard InChI is InChI=1S/C25H18N4O6/c30-20-18(22(32)28(24(34)26-20)16-10-4-1-5-11-16)14-8-3-9-15-19-21(31)27-25(35)29(23(19)33)17-12-6-2-7-13-17/h1-8,10-15,32-33H,(H,26,30,34)(H,27,31,35). The Hall–Kier alpha value is -5.34. The predicted molar refractivity (Wildman–Crippen MR) is 130 cm³/mol. The van der Waals surface area contributed by atoms with Crippen LogP contribution in [0.4, 0.5) is 0 Å². The summed E-state index contributed by atoms with van der Waals surface area (Å²) in [6.07, 6.45) is 5.07. The van der Waals surface area contributed by atoms with Gasteiger partial charge in [-0.05, 0) is 42.5 Å². The van der Waals surface area contributed by atoms with E-state index in [0.29, 0.717) is 11.4 Å². The third-order valence-electron chi connectivity index (χ3n) is 4.95. The summed E-state index contributed by atoms with van der Waals surface area (Å²) in [4.78, 5) is 53.0. The molecule has 10 heteroatoms. The summed E-state index contributed by atoms with van der Waals surface area (Å²) in [5.41, 5.74) is -0.224. The van der Waals surface area contributed by atoms with E-state index in [1.165, 1.54) is 18.2 Å². The monoisotopic (exact) mass is 470 g/mol. The van der Waals surface area contributed by atoms with Crippen LogP contribution in [0.5, 0.6) is 11.8 Å². The number of hydrogen-bond donors (Lipinski definition) is 4. The minimum absolute atomic E-state index is 0.176. The van der Waals surface area contributed by atoms with Gasteiger partial charge in [0.1, 0.15) is 11.1 Å². The largest absolute Gasteiger partial charge is 0.494 e. The first kappa shape index (κ1) is 22.8. The van der Waals surface area contributed by atoms with Crippen LogP contribution in [0.1, 0.15) is 11.1 Å². The molecule has 174 valence electrons. The molecule has 0 saturated heterocycles. The molecule has 0 aliphatic rings. The van der Waals surface area contributed by atoms with Gasteiger partial charge in [-0.15, -0.1) is 5.73 Å². The van der Waals surface area contributed by atoms with E-state index in [0.717, 1.165) is 15.2 Å². The maximum Gasteiger partial charge on any atom is 0.335 e. The molecular formula is C25H18N4O6. The number of allylic oxidation sites excluding steroid dienone is 2. The van der Waals surface area contributed by atoms with E-state index in [9.17, 15) is 29.4 Å². The molecule has 0 unspecified atom stereocenters. The fraction of sp³-hybridized carbons (Fsp3) is 0. The highest BCUT2D eigenvalue weighted by atomic mass is 16.3. The van der Waals surface area contributed by atoms with Crippen LogP contribution < -0.4 is 22.5 Å². The van der Waals surface area contributed by atoms with Gasteiger partial charge in [-0.1, -0.05) is 42.5 Å². The molecule has 0 amide bonds. The van der Waals surface area contributed by atoms with Crippen molar-refractivity contribution in [2.45, 2.75) is 0 Å². The fourth-order valence-corrected chi connectivity index (χ4v) is 3.32. The second-order valence-electron chi connectivity index (χ2n) is 7.17. The maximum absolute atomic E-state index is 12.2. The molecule has 4 aromatic rings. The number of aromatic nitrogens is 4. The highest BCUT2D eigenvalue weighted by Crippen LogP contribution is 2.18. The van der Waals surface area contributed by atoms with E-state index in [1.807, 2.05) is 0 Å². The van der Waals surface area contributed by atoms with Gasteiger partial charge in [-0.3, -0.25) is 19.6 Å². The number of hydrogen-bond acceptors (Lipinski definition) is 6. The zero-order chi connectivity index (χ0) is 24.9. The Morgan fingerprint density at radius 3 is 1.66 bits per heavy atom. The second kappa shape index (κ2) is 9.65. The topological polar surface area (TPSA) is 150 Å². The van der Waals surface area contributed by atoms with Crippen molar-refractivity contribution in [3.05, 3.63) is 131 Å². The number of H-pyrrole nitrogens is 2. The fourth-order valence-electron chi connectivity index (χ4n) is 3.32. The number of benzene rings is 2. The summed E-state index contributed by atoms with van der Waals surface area (Å²) in [6, 6.07) is 16.5. The van der Waals surface area contributed by atoms with Gasteiger partial charge in [-0.25, -0.2) is 18.7 Å². The zero-order valence-corrected chi connectivity index (χ0v) is 18.0. The Labute approximate surface area is 196 Å². The molecule has 0 aliphatic carbocycles. The average Bonchev–Trinajstić information content (AvgIpc) is 2.83. The lowest BCUT2D eigenvalue weighted by atomic mass is 10.2. The highest BCUT2D eigenvalue weighted by molar-refractivity contribution is 5.58. The molecule has 10 nitrogen and oxygen atoms in total. The molecule has 4 N–H and O–H groups in total. The van der Waals surface area contributed by atoms with Crippen LogP contribution in [0.25, 0.3) is 23.5 Å². The van der Waals surface area contributed by atoms with Crippen LogP contribution in [0.2, 0.25) is 0 Å². The first-order chi connectivity index (χ1) is 16.9. The maximum atomic E-state index is 12.2. The van der Waals surface area contributed by atoms with Gasteiger partial charge in [0, 0.05) is 0 Å². The Balaban J connectivity index is 1.70. The lowest BCUT2D eigenvalue weighted by molar-refractivity contribution is 0.429. The number of nitrogens with one attached hydrogen (secondary N) is 2. The molecule has 0 radical (unpaired) electrons. The van der Waals surface area contributed by atoms with Gasteiger partial charge in [0.2, 0.25) is 11.8 Å². The molecule has 35 heavy (non-hydrogen) atoms. The molecular weight excluding hydrogens is 452 g/mol. The lowest BCUT2D eigenvalue weighted by Crippen LogP contribution is -2.30. The molecule has 0 fully saturated rings. The summed E-state index contributed by atoms with van der Waals surface area (Å²) < 4.78 is 1.89. The summed E-state index contributed by atoms with van der Waals surface area (Å²) in [5, 5.41) is 21.0. The third kappa shape index (κ3) is 4.58. The minimum Gasteiger partial charge on any atom is -0.494 e. The molecule has 0 saturated carbocycles. The van der Waals surface area contributed by atoms with Gasteiger partial charge in [-0.2, -0.15) is 0 Å². The highest BCUT2D eigenvalue weighted by Gasteiger charge is 2.14. The summed E-state index contributed by atoms with van der Waals surface area (Å²) in [6.45, 7) is 0. The Morgan fingerprint density at radius 1 is 0.686 bits per heavy atom. The van der Waals surface area contributed by atoms with E-state index in [4.69, 9.17) is 0 Å². The van der Waals surface area contributed by atoms with E-state index in [1.54, 1.807) is 60.7 Å².